The Morgan fingerprint density at radius 2 is 1.63 bits per heavy atom. The molecule has 0 aromatic heterocycles. The number of nitrogens with zero attached hydrogens (tertiary/aromatic N) is 1. The molecule has 1 aliphatic rings. The van der Waals surface area contributed by atoms with E-state index >= 15 is 0 Å². The van der Waals surface area contributed by atoms with Crippen molar-refractivity contribution < 1.29 is 19.1 Å². The van der Waals surface area contributed by atoms with Gasteiger partial charge in [0.05, 0.1) is 13.1 Å². The Morgan fingerprint density at radius 1 is 1.00 bits per heavy atom. The molecule has 1 heterocycles. The highest BCUT2D eigenvalue weighted by Gasteiger charge is 2.28. The van der Waals surface area contributed by atoms with Gasteiger partial charge in [-0.1, -0.05) is 23.7 Å². The lowest BCUT2D eigenvalue weighted by atomic mass is 10.1. The molecule has 0 aliphatic carbocycles. The molecule has 27 heavy (non-hydrogen) atoms. The second-order valence-electron chi connectivity index (χ2n) is 6.13. The number of imide groups is 1. The highest BCUT2D eigenvalue weighted by atomic mass is 35.5. The van der Waals surface area contributed by atoms with Crippen LogP contribution in [0.5, 0.6) is 5.75 Å². The molecule has 3 amide bonds. The van der Waals surface area contributed by atoms with Gasteiger partial charge in [-0.05, 0) is 42.0 Å². The Kier molecular flexibility index (Phi) is 6.08. The van der Waals surface area contributed by atoms with E-state index in [2.05, 4.69) is 5.32 Å². The highest BCUT2D eigenvalue weighted by molar-refractivity contribution is 6.30. The van der Waals surface area contributed by atoms with Crippen molar-refractivity contribution in [1.82, 2.24) is 10.2 Å². The van der Waals surface area contributed by atoms with Crippen molar-refractivity contribution in [3.05, 3.63) is 64.7 Å². The second-order valence-corrected chi connectivity index (χ2v) is 6.57. The SMILES string of the molecule is O=C(NCCOc1ccc(Cl)cc1)c1ccc(CN2C(=O)CCC2=O)cc1. The summed E-state index contributed by atoms with van der Waals surface area (Å²) in [6, 6.07) is 13.8. The summed E-state index contributed by atoms with van der Waals surface area (Å²) < 4.78 is 5.52. The van der Waals surface area contributed by atoms with E-state index in [-0.39, 0.29) is 37.1 Å². The van der Waals surface area contributed by atoms with Gasteiger partial charge in [-0.15, -0.1) is 0 Å². The number of likely N-dealkylation sites (tertiary alicyclic amines) is 1. The summed E-state index contributed by atoms with van der Waals surface area (Å²) in [7, 11) is 0. The fourth-order valence-electron chi connectivity index (χ4n) is 2.71. The highest BCUT2D eigenvalue weighted by Crippen LogP contribution is 2.17. The number of benzene rings is 2. The maximum atomic E-state index is 12.2. The van der Waals surface area contributed by atoms with E-state index in [1.807, 2.05) is 0 Å². The van der Waals surface area contributed by atoms with Crippen LogP contribution in [-0.4, -0.2) is 35.8 Å². The first-order valence-corrected chi connectivity index (χ1v) is 8.99. The second kappa shape index (κ2) is 8.68. The molecular weight excluding hydrogens is 368 g/mol. The van der Waals surface area contributed by atoms with Crippen LogP contribution in [0.2, 0.25) is 5.02 Å². The van der Waals surface area contributed by atoms with Crippen LogP contribution in [0.1, 0.15) is 28.8 Å². The molecule has 7 heteroatoms. The lowest BCUT2D eigenvalue weighted by Gasteiger charge is -2.14. The minimum absolute atomic E-state index is 0.150. The molecule has 0 atom stereocenters. The maximum absolute atomic E-state index is 12.2. The molecule has 0 bridgehead atoms. The van der Waals surface area contributed by atoms with Crippen molar-refractivity contribution in [1.29, 1.82) is 0 Å². The number of amides is 3. The van der Waals surface area contributed by atoms with Gasteiger partial charge in [0.25, 0.3) is 5.91 Å². The Balaban J connectivity index is 1.45. The molecule has 0 saturated carbocycles. The molecule has 2 aromatic carbocycles. The van der Waals surface area contributed by atoms with Crippen molar-refractivity contribution >= 4 is 29.3 Å². The number of carbonyl (C=O) groups excluding carboxylic acids is 3. The van der Waals surface area contributed by atoms with Crippen LogP contribution < -0.4 is 10.1 Å². The molecule has 6 nitrogen and oxygen atoms in total. The van der Waals surface area contributed by atoms with E-state index in [1.54, 1.807) is 48.5 Å². The third kappa shape index (κ3) is 5.08. The summed E-state index contributed by atoms with van der Waals surface area (Å²) in [4.78, 5) is 36.7. The first kappa shape index (κ1) is 18.9. The van der Waals surface area contributed by atoms with Gasteiger partial charge < -0.3 is 10.1 Å². The first-order valence-electron chi connectivity index (χ1n) is 8.61. The molecule has 0 unspecified atom stereocenters. The zero-order valence-corrected chi connectivity index (χ0v) is 15.4. The Hall–Kier alpha value is -2.86. The molecule has 2 aromatic rings. The summed E-state index contributed by atoms with van der Waals surface area (Å²) >= 11 is 5.81. The van der Waals surface area contributed by atoms with Gasteiger partial charge in [0.15, 0.2) is 0 Å². The van der Waals surface area contributed by atoms with Crippen LogP contribution in [0.4, 0.5) is 0 Å². The van der Waals surface area contributed by atoms with Gasteiger partial charge in [-0.2, -0.15) is 0 Å². The maximum Gasteiger partial charge on any atom is 0.251 e. The minimum Gasteiger partial charge on any atom is -0.492 e. The number of halogens is 1. The van der Waals surface area contributed by atoms with Gasteiger partial charge in [0.2, 0.25) is 11.8 Å². The summed E-state index contributed by atoms with van der Waals surface area (Å²) in [6.45, 7) is 0.944. The quantitative estimate of drug-likeness (QED) is 0.586. The van der Waals surface area contributed by atoms with E-state index in [1.165, 1.54) is 4.90 Å². The number of ether oxygens (including phenoxy) is 1. The molecule has 140 valence electrons. The lowest BCUT2D eigenvalue weighted by Crippen LogP contribution is -2.29. The molecule has 0 spiro atoms. The van der Waals surface area contributed by atoms with Crippen molar-refractivity contribution in [3.8, 4) is 5.75 Å². The summed E-state index contributed by atoms with van der Waals surface area (Å²) in [5, 5.41) is 3.42. The largest absolute Gasteiger partial charge is 0.492 e. The van der Waals surface area contributed by atoms with E-state index in [4.69, 9.17) is 16.3 Å². The van der Waals surface area contributed by atoms with Crippen molar-refractivity contribution in [3.63, 3.8) is 0 Å². The third-order valence-electron chi connectivity index (χ3n) is 4.18. The minimum atomic E-state index is -0.213. The molecular formula is C20H19ClN2O4. The van der Waals surface area contributed by atoms with Crippen LogP contribution in [0.15, 0.2) is 48.5 Å². The Bertz CT molecular complexity index is 818. The van der Waals surface area contributed by atoms with E-state index in [0.29, 0.717) is 29.5 Å². The van der Waals surface area contributed by atoms with Crippen LogP contribution in [-0.2, 0) is 16.1 Å². The Morgan fingerprint density at radius 3 is 2.26 bits per heavy atom. The summed E-state index contributed by atoms with van der Waals surface area (Å²) in [5.41, 5.74) is 1.31. The van der Waals surface area contributed by atoms with Crippen LogP contribution in [0.3, 0.4) is 0 Å². The zero-order valence-electron chi connectivity index (χ0n) is 14.6. The van der Waals surface area contributed by atoms with Gasteiger partial charge in [0, 0.05) is 23.4 Å². The summed E-state index contributed by atoms with van der Waals surface area (Å²) in [6.07, 6.45) is 0.550. The Labute approximate surface area is 162 Å². The molecule has 1 saturated heterocycles. The monoisotopic (exact) mass is 386 g/mol. The van der Waals surface area contributed by atoms with E-state index in [9.17, 15) is 14.4 Å². The van der Waals surface area contributed by atoms with Crippen LogP contribution >= 0.6 is 11.6 Å². The number of hydrogen-bond acceptors (Lipinski definition) is 4. The standard InChI is InChI=1S/C20H19ClN2O4/c21-16-5-7-17(8-6-16)27-12-11-22-20(26)15-3-1-14(2-4-15)13-23-18(24)9-10-19(23)25/h1-8H,9-13H2,(H,22,26). The number of rotatable bonds is 7. The van der Waals surface area contributed by atoms with Crippen LogP contribution in [0, 0.1) is 0 Å². The lowest BCUT2D eigenvalue weighted by molar-refractivity contribution is -0.139. The predicted octanol–water partition coefficient (Wildman–Crippen LogP) is 2.80. The van der Waals surface area contributed by atoms with E-state index in [0.717, 1.165) is 5.56 Å². The average molecular weight is 387 g/mol. The van der Waals surface area contributed by atoms with Gasteiger partial charge in [-0.3, -0.25) is 19.3 Å². The van der Waals surface area contributed by atoms with Gasteiger partial charge >= 0.3 is 0 Å². The van der Waals surface area contributed by atoms with Crippen LogP contribution in [0.25, 0.3) is 0 Å². The average Bonchev–Trinajstić information content (AvgIpc) is 2.99. The number of hydrogen-bond donors (Lipinski definition) is 1. The molecule has 3 rings (SSSR count). The van der Waals surface area contributed by atoms with E-state index < -0.39 is 0 Å². The van der Waals surface area contributed by atoms with Gasteiger partial charge in [0.1, 0.15) is 12.4 Å². The normalized spacial score (nSPS) is 13.7. The van der Waals surface area contributed by atoms with Crippen molar-refractivity contribution in [2.75, 3.05) is 13.2 Å². The molecule has 1 N–H and O–H groups in total. The molecule has 0 radical (unpaired) electrons. The fourth-order valence-corrected chi connectivity index (χ4v) is 2.84. The number of carbonyl (C=O) groups is 3. The third-order valence-corrected chi connectivity index (χ3v) is 4.43. The van der Waals surface area contributed by atoms with Gasteiger partial charge in [-0.25, -0.2) is 0 Å². The fraction of sp³-hybridized carbons (Fsp3) is 0.250. The smallest absolute Gasteiger partial charge is 0.251 e. The predicted molar refractivity (Wildman–Crippen MR) is 101 cm³/mol. The topological polar surface area (TPSA) is 75.7 Å². The molecule has 1 aliphatic heterocycles. The molecule has 1 fully saturated rings. The zero-order chi connectivity index (χ0) is 19.2. The van der Waals surface area contributed by atoms with Crippen molar-refractivity contribution in [2.45, 2.75) is 19.4 Å². The van der Waals surface area contributed by atoms with Crippen molar-refractivity contribution in [2.24, 2.45) is 0 Å². The summed E-state index contributed by atoms with van der Waals surface area (Å²) in [5.74, 6) is 0.170. The first-order chi connectivity index (χ1) is 13.0. The number of nitrogens with one attached hydrogen (secondary N) is 1.